The van der Waals surface area contributed by atoms with E-state index in [1.54, 1.807) is 18.2 Å². The number of ketones is 1. The molecule has 2 rings (SSSR count). The Kier molecular flexibility index (Phi) is 4.47. The third-order valence-electron chi connectivity index (χ3n) is 3.39. The number of hydrogen-bond donors (Lipinski definition) is 0. The van der Waals surface area contributed by atoms with Gasteiger partial charge in [0, 0.05) is 22.9 Å². The minimum Gasteiger partial charge on any atom is -0.299 e. The number of hydrogen-bond acceptors (Lipinski definition) is 1. The highest BCUT2D eigenvalue weighted by Gasteiger charge is 2.19. The fourth-order valence-electron chi connectivity index (χ4n) is 2.50. The monoisotopic (exact) mass is 270 g/mol. The second kappa shape index (κ2) is 5.88. The lowest BCUT2D eigenvalue weighted by atomic mass is 9.97. The molecule has 1 aromatic rings. The molecule has 0 unspecified atom stereocenters. The predicted octanol–water partition coefficient (Wildman–Crippen LogP) is 4.69. The summed E-state index contributed by atoms with van der Waals surface area (Å²) in [6.45, 7) is 0. The molecule has 0 N–H and O–H groups in total. The number of Topliss-reactive ketones (excluding diaryl/α,β-unsaturated/α-hetero) is 1. The van der Waals surface area contributed by atoms with Crippen LogP contribution < -0.4 is 0 Å². The van der Waals surface area contributed by atoms with Crippen LogP contribution in [0.2, 0.25) is 10.0 Å². The zero-order chi connectivity index (χ0) is 12.3. The van der Waals surface area contributed by atoms with Crippen molar-refractivity contribution in [2.45, 2.75) is 38.5 Å². The summed E-state index contributed by atoms with van der Waals surface area (Å²) in [5, 5.41) is 1.27. The molecule has 0 saturated heterocycles. The lowest BCUT2D eigenvalue weighted by Crippen LogP contribution is -2.08. The van der Waals surface area contributed by atoms with Gasteiger partial charge in [0.1, 0.15) is 5.78 Å². The molecule has 0 bridgehead atoms. The SMILES string of the molecule is O=C(Cc1cc(Cl)ccc1Cl)CC1CCCC1. The summed E-state index contributed by atoms with van der Waals surface area (Å²) in [5.74, 6) is 0.876. The van der Waals surface area contributed by atoms with E-state index >= 15 is 0 Å². The van der Waals surface area contributed by atoms with Crippen LogP contribution in [0, 0.1) is 5.92 Å². The molecule has 0 amide bonds. The van der Waals surface area contributed by atoms with Crippen molar-refractivity contribution < 1.29 is 4.79 Å². The Bertz CT molecular complexity index is 409. The normalized spacial score (nSPS) is 16.4. The van der Waals surface area contributed by atoms with E-state index in [9.17, 15) is 4.79 Å². The summed E-state index contributed by atoms with van der Waals surface area (Å²) in [6.07, 6.45) is 6.06. The quantitative estimate of drug-likeness (QED) is 0.776. The van der Waals surface area contributed by atoms with Gasteiger partial charge in [0.05, 0.1) is 0 Å². The first-order valence-electron chi connectivity index (χ1n) is 6.11. The van der Waals surface area contributed by atoms with E-state index < -0.39 is 0 Å². The summed E-state index contributed by atoms with van der Waals surface area (Å²) >= 11 is 11.9. The first kappa shape index (κ1) is 12.9. The van der Waals surface area contributed by atoms with Gasteiger partial charge in [0.25, 0.3) is 0 Å². The lowest BCUT2D eigenvalue weighted by Gasteiger charge is -2.08. The van der Waals surface area contributed by atoms with Crippen LogP contribution in [-0.4, -0.2) is 5.78 Å². The Hall–Kier alpha value is -0.530. The summed E-state index contributed by atoms with van der Waals surface area (Å²) in [5.41, 5.74) is 0.849. The van der Waals surface area contributed by atoms with Crippen molar-refractivity contribution in [2.24, 2.45) is 5.92 Å². The molecule has 0 atom stereocenters. The van der Waals surface area contributed by atoms with E-state index in [0.29, 0.717) is 28.8 Å². The number of carbonyl (C=O) groups excluding carboxylic acids is 1. The number of halogens is 2. The smallest absolute Gasteiger partial charge is 0.137 e. The third-order valence-corrected chi connectivity index (χ3v) is 3.99. The van der Waals surface area contributed by atoms with Crippen LogP contribution in [0.15, 0.2) is 18.2 Å². The molecular formula is C14H16Cl2O. The first-order valence-corrected chi connectivity index (χ1v) is 6.86. The van der Waals surface area contributed by atoms with Crippen molar-refractivity contribution in [3.8, 4) is 0 Å². The maximum Gasteiger partial charge on any atom is 0.137 e. The fourth-order valence-corrected chi connectivity index (χ4v) is 2.88. The maximum atomic E-state index is 11.9. The predicted molar refractivity (Wildman–Crippen MR) is 71.7 cm³/mol. The molecule has 92 valence electrons. The molecule has 0 spiro atoms. The molecule has 1 saturated carbocycles. The molecule has 0 aromatic heterocycles. The van der Waals surface area contributed by atoms with Crippen LogP contribution in [0.25, 0.3) is 0 Å². The van der Waals surface area contributed by atoms with Crippen molar-refractivity contribution in [3.05, 3.63) is 33.8 Å². The Labute approximate surface area is 112 Å². The zero-order valence-corrected chi connectivity index (χ0v) is 11.2. The molecule has 1 nitrogen and oxygen atoms in total. The molecule has 0 heterocycles. The van der Waals surface area contributed by atoms with Crippen molar-refractivity contribution >= 4 is 29.0 Å². The number of carbonyl (C=O) groups is 1. The average Bonchev–Trinajstić information content (AvgIpc) is 2.76. The third kappa shape index (κ3) is 3.72. The minimum absolute atomic E-state index is 0.279. The van der Waals surface area contributed by atoms with Crippen LogP contribution in [0.5, 0.6) is 0 Å². The first-order chi connectivity index (χ1) is 8.15. The molecule has 1 fully saturated rings. The molecule has 1 aliphatic carbocycles. The van der Waals surface area contributed by atoms with Gasteiger partial charge in [-0.2, -0.15) is 0 Å². The lowest BCUT2D eigenvalue weighted by molar-refractivity contribution is -0.119. The van der Waals surface area contributed by atoms with Gasteiger partial charge in [-0.15, -0.1) is 0 Å². The minimum atomic E-state index is 0.279. The standard InChI is InChI=1S/C14H16Cl2O/c15-12-5-6-14(16)11(8-12)9-13(17)7-10-3-1-2-4-10/h5-6,8,10H,1-4,7,9H2. The largest absolute Gasteiger partial charge is 0.299 e. The Balaban J connectivity index is 1.95. The second-order valence-corrected chi connectivity index (χ2v) is 5.65. The van der Waals surface area contributed by atoms with Gasteiger partial charge < -0.3 is 0 Å². The average molecular weight is 271 g/mol. The van der Waals surface area contributed by atoms with E-state index in [0.717, 1.165) is 5.56 Å². The maximum absolute atomic E-state index is 11.9. The van der Waals surface area contributed by atoms with Crippen LogP contribution in [-0.2, 0) is 11.2 Å². The number of rotatable bonds is 4. The Morgan fingerprint density at radius 1 is 1.24 bits per heavy atom. The summed E-state index contributed by atoms with van der Waals surface area (Å²) in [7, 11) is 0. The van der Waals surface area contributed by atoms with Crippen LogP contribution in [0.4, 0.5) is 0 Å². The van der Waals surface area contributed by atoms with E-state index in [2.05, 4.69) is 0 Å². The molecular weight excluding hydrogens is 255 g/mol. The van der Waals surface area contributed by atoms with Crippen molar-refractivity contribution in [3.63, 3.8) is 0 Å². The highest BCUT2D eigenvalue weighted by molar-refractivity contribution is 6.33. The van der Waals surface area contributed by atoms with Crippen molar-refractivity contribution in [1.82, 2.24) is 0 Å². The van der Waals surface area contributed by atoms with Gasteiger partial charge >= 0.3 is 0 Å². The van der Waals surface area contributed by atoms with Crippen LogP contribution in [0.1, 0.15) is 37.7 Å². The summed E-state index contributed by atoms with van der Waals surface area (Å²) in [6, 6.07) is 5.29. The number of benzene rings is 1. The highest BCUT2D eigenvalue weighted by atomic mass is 35.5. The molecule has 0 radical (unpaired) electrons. The summed E-state index contributed by atoms with van der Waals surface area (Å²) < 4.78 is 0. The summed E-state index contributed by atoms with van der Waals surface area (Å²) in [4.78, 5) is 11.9. The highest BCUT2D eigenvalue weighted by Crippen LogP contribution is 2.29. The Morgan fingerprint density at radius 3 is 2.65 bits per heavy atom. The zero-order valence-electron chi connectivity index (χ0n) is 9.72. The van der Waals surface area contributed by atoms with Crippen LogP contribution in [0.3, 0.4) is 0 Å². The fraction of sp³-hybridized carbons (Fsp3) is 0.500. The van der Waals surface area contributed by atoms with Crippen LogP contribution >= 0.6 is 23.2 Å². The van der Waals surface area contributed by atoms with Gasteiger partial charge in [-0.25, -0.2) is 0 Å². The molecule has 3 heteroatoms. The Morgan fingerprint density at radius 2 is 1.94 bits per heavy atom. The molecule has 1 aliphatic rings. The van der Waals surface area contributed by atoms with Gasteiger partial charge in [0.2, 0.25) is 0 Å². The van der Waals surface area contributed by atoms with Gasteiger partial charge in [-0.05, 0) is 29.7 Å². The van der Waals surface area contributed by atoms with E-state index in [-0.39, 0.29) is 5.78 Å². The van der Waals surface area contributed by atoms with Crippen molar-refractivity contribution in [2.75, 3.05) is 0 Å². The molecule has 0 aliphatic heterocycles. The van der Waals surface area contributed by atoms with Crippen molar-refractivity contribution in [1.29, 1.82) is 0 Å². The topological polar surface area (TPSA) is 17.1 Å². The van der Waals surface area contributed by atoms with E-state index in [1.807, 2.05) is 0 Å². The van der Waals surface area contributed by atoms with E-state index in [4.69, 9.17) is 23.2 Å². The molecule has 1 aromatic carbocycles. The van der Waals surface area contributed by atoms with Gasteiger partial charge in [0.15, 0.2) is 0 Å². The van der Waals surface area contributed by atoms with Gasteiger partial charge in [-0.3, -0.25) is 4.79 Å². The van der Waals surface area contributed by atoms with Gasteiger partial charge in [-0.1, -0.05) is 48.9 Å². The van der Waals surface area contributed by atoms with E-state index in [1.165, 1.54) is 25.7 Å². The molecule has 17 heavy (non-hydrogen) atoms. The second-order valence-electron chi connectivity index (χ2n) is 4.81.